The van der Waals surface area contributed by atoms with Gasteiger partial charge in [0.15, 0.2) is 0 Å². The highest BCUT2D eigenvalue weighted by Gasteiger charge is 2.12. The minimum atomic E-state index is -0.187. The molecule has 7 heteroatoms. The molecule has 1 amide bonds. The molecule has 0 aliphatic rings. The third-order valence-corrected chi connectivity index (χ3v) is 5.38. The number of rotatable bonds is 6. The van der Waals surface area contributed by atoms with Crippen molar-refractivity contribution in [3.05, 3.63) is 91.1 Å². The van der Waals surface area contributed by atoms with E-state index in [1.165, 1.54) is 6.92 Å². The molecule has 7 nitrogen and oxygen atoms in total. The molecule has 2 heterocycles. The van der Waals surface area contributed by atoms with Gasteiger partial charge in [0.05, 0.1) is 11.0 Å². The Morgan fingerprint density at radius 3 is 2.50 bits per heavy atom. The van der Waals surface area contributed by atoms with Crippen molar-refractivity contribution >= 4 is 34.4 Å². The number of benzene rings is 3. The first-order valence-electron chi connectivity index (χ1n) is 10.9. The number of hydrogen-bond donors (Lipinski definition) is 2. The lowest BCUT2D eigenvalue weighted by molar-refractivity contribution is -0.114. The summed E-state index contributed by atoms with van der Waals surface area (Å²) in [6, 6.07) is 27.6. The smallest absolute Gasteiger partial charge is 0.222 e. The van der Waals surface area contributed by atoms with Gasteiger partial charge in [-0.2, -0.15) is 0 Å². The average Bonchev–Trinajstić information content (AvgIpc) is 3.14. The molecule has 0 spiro atoms. The predicted octanol–water partition coefficient (Wildman–Crippen LogP) is 6.13. The average molecular weight is 450 g/mol. The zero-order valence-corrected chi connectivity index (χ0v) is 18.8. The molecule has 5 rings (SSSR count). The third kappa shape index (κ3) is 4.45. The molecule has 0 atom stereocenters. The fourth-order valence-electron chi connectivity index (χ4n) is 3.80. The van der Waals surface area contributed by atoms with Crippen molar-refractivity contribution in [1.82, 2.24) is 14.5 Å². The fourth-order valence-corrected chi connectivity index (χ4v) is 3.80. The van der Waals surface area contributed by atoms with Crippen LogP contribution in [0.25, 0.3) is 22.2 Å². The number of amides is 1. The molecule has 0 aliphatic carbocycles. The first kappa shape index (κ1) is 21.2. The predicted molar refractivity (Wildman–Crippen MR) is 134 cm³/mol. The maximum Gasteiger partial charge on any atom is 0.222 e. The number of fused-ring (bicyclic) bond motifs is 1. The number of anilines is 3. The van der Waals surface area contributed by atoms with Gasteiger partial charge in [0.25, 0.3) is 0 Å². The van der Waals surface area contributed by atoms with Crippen molar-refractivity contribution in [2.75, 3.05) is 10.6 Å². The number of imidazole rings is 1. The Bertz CT molecular complexity index is 1480. The van der Waals surface area contributed by atoms with Crippen LogP contribution < -0.4 is 15.4 Å². The Balaban J connectivity index is 1.43. The summed E-state index contributed by atoms with van der Waals surface area (Å²) >= 11 is 0. The zero-order valence-electron chi connectivity index (χ0n) is 18.8. The van der Waals surface area contributed by atoms with E-state index in [1.807, 2.05) is 66.2 Å². The molecule has 2 N–H and O–H groups in total. The summed E-state index contributed by atoms with van der Waals surface area (Å²) in [6.07, 6.45) is 1.59. The van der Waals surface area contributed by atoms with Crippen LogP contribution in [0, 0.1) is 0 Å². The van der Waals surface area contributed by atoms with Crippen LogP contribution in [-0.4, -0.2) is 20.4 Å². The van der Waals surface area contributed by atoms with E-state index in [2.05, 4.69) is 33.8 Å². The van der Waals surface area contributed by atoms with E-state index in [-0.39, 0.29) is 5.91 Å². The van der Waals surface area contributed by atoms with E-state index in [1.54, 1.807) is 18.3 Å². The molecule has 0 saturated carbocycles. The minimum Gasteiger partial charge on any atom is -0.457 e. The molecule has 0 radical (unpaired) electrons. The van der Waals surface area contributed by atoms with Crippen molar-refractivity contribution in [2.45, 2.75) is 6.92 Å². The van der Waals surface area contributed by atoms with E-state index in [4.69, 9.17) is 9.72 Å². The number of ether oxygens (including phenoxy) is 1. The summed E-state index contributed by atoms with van der Waals surface area (Å²) < 4.78 is 8.01. The normalized spacial score (nSPS) is 10.8. The molecular formula is C27H23N5O2. The van der Waals surface area contributed by atoms with Gasteiger partial charge >= 0.3 is 0 Å². The van der Waals surface area contributed by atoms with E-state index in [0.29, 0.717) is 17.3 Å². The maximum absolute atomic E-state index is 11.3. The van der Waals surface area contributed by atoms with Crippen molar-refractivity contribution in [1.29, 1.82) is 0 Å². The van der Waals surface area contributed by atoms with Crippen LogP contribution in [-0.2, 0) is 11.8 Å². The Morgan fingerprint density at radius 1 is 0.912 bits per heavy atom. The Morgan fingerprint density at radius 2 is 1.68 bits per heavy atom. The maximum atomic E-state index is 11.3. The number of aryl methyl sites for hydroxylation is 1. The van der Waals surface area contributed by atoms with Crippen molar-refractivity contribution in [3.8, 4) is 22.6 Å². The summed E-state index contributed by atoms with van der Waals surface area (Å²) in [5.41, 5.74) is 4.99. The van der Waals surface area contributed by atoms with Crippen molar-refractivity contribution in [3.63, 3.8) is 0 Å². The summed E-state index contributed by atoms with van der Waals surface area (Å²) in [5, 5.41) is 6.14. The van der Waals surface area contributed by atoms with Crippen LogP contribution in [0.1, 0.15) is 6.92 Å². The lowest BCUT2D eigenvalue weighted by Crippen LogP contribution is -2.07. The Kier molecular flexibility index (Phi) is 5.66. The first-order chi connectivity index (χ1) is 16.6. The van der Waals surface area contributed by atoms with Gasteiger partial charge < -0.3 is 19.9 Å². The van der Waals surface area contributed by atoms with E-state index in [0.717, 1.165) is 33.8 Å². The van der Waals surface area contributed by atoms with Crippen LogP contribution in [0.2, 0.25) is 0 Å². The standard InChI is InChI=1S/C27H23N5O2/c1-18(33)29-26-17-21(14-15-28-26)34-20-12-13-25-24(16-20)31-27(32(25)2)30-23-11-7-6-10-22(23)19-8-4-3-5-9-19/h3-17H,1-2H3,(H,30,31)(H,28,29,33). The monoisotopic (exact) mass is 449 g/mol. The van der Waals surface area contributed by atoms with Crippen LogP contribution in [0.3, 0.4) is 0 Å². The zero-order chi connectivity index (χ0) is 23.5. The Labute approximate surface area is 197 Å². The van der Waals surface area contributed by atoms with Gasteiger partial charge in [-0.25, -0.2) is 9.97 Å². The number of aromatic nitrogens is 3. The van der Waals surface area contributed by atoms with Gasteiger partial charge in [-0.05, 0) is 29.8 Å². The molecule has 0 saturated heterocycles. The van der Waals surface area contributed by atoms with Crippen molar-refractivity contribution < 1.29 is 9.53 Å². The number of para-hydroxylation sites is 1. The number of carbonyl (C=O) groups is 1. The second kappa shape index (κ2) is 9.07. The van der Waals surface area contributed by atoms with E-state index < -0.39 is 0 Å². The number of nitrogens with one attached hydrogen (secondary N) is 2. The molecule has 0 aliphatic heterocycles. The highest BCUT2D eigenvalue weighted by molar-refractivity contribution is 5.88. The molecule has 168 valence electrons. The molecule has 5 aromatic rings. The summed E-state index contributed by atoms with van der Waals surface area (Å²) in [4.78, 5) is 20.2. The molecule has 34 heavy (non-hydrogen) atoms. The fraction of sp³-hybridized carbons (Fsp3) is 0.0741. The lowest BCUT2D eigenvalue weighted by Gasteiger charge is -2.12. The van der Waals surface area contributed by atoms with Gasteiger partial charge in [0.1, 0.15) is 17.3 Å². The number of pyridine rings is 1. The quantitative estimate of drug-likeness (QED) is 0.326. The summed E-state index contributed by atoms with van der Waals surface area (Å²) in [5.74, 6) is 2.19. The largest absolute Gasteiger partial charge is 0.457 e. The van der Waals surface area contributed by atoms with Crippen molar-refractivity contribution in [2.24, 2.45) is 7.05 Å². The molecule has 0 bridgehead atoms. The molecule has 3 aromatic carbocycles. The topological polar surface area (TPSA) is 81.1 Å². The highest BCUT2D eigenvalue weighted by Crippen LogP contribution is 2.32. The van der Waals surface area contributed by atoms with Crippen LogP contribution in [0.15, 0.2) is 91.1 Å². The molecule has 2 aromatic heterocycles. The Hall–Kier alpha value is -4.65. The third-order valence-electron chi connectivity index (χ3n) is 5.38. The van der Waals surface area contributed by atoms with Crippen LogP contribution in [0.4, 0.5) is 17.5 Å². The van der Waals surface area contributed by atoms with E-state index in [9.17, 15) is 4.79 Å². The summed E-state index contributed by atoms with van der Waals surface area (Å²) in [6.45, 7) is 1.44. The van der Waals surface area contributed by atoms with Crippen LogP contribution in [0.5, 0.6) is 11.5 Å². The number of hydrogen-bond acceptors (Lipinski definition) is 5. The lowest BCUT2D eigenvalue weighted by atomic mass is 10.0. The van der Waals surface area contributed by atoms with Crippen LogP contribution >= 0.6 is 0 Å². The van der Waals surface area contributed by atoms with E-state index >= 15 is 0 Å². The van der Waals surface area contributed by atoms with Gasteiger partial charge in [-0.1, -0.05) is 48.5 Å². The second-order valence-electron chi connectivity index (χ2n) is 7.84. The number of nitrogens with zero attached hydrogens (tertiary/aromatic N) is 3. The van der Waals surface area contributed by atoms with Gasteiger partial charge in [0.2, 0.25) is 11.9 Å². The second-order valence-corrected chi connectivity index (χ2v) is 7.84. The van der Waals surface area contributed by atoms with Gasteiger partial charge in [0, 0.05) is 43.6 Å². The molecule has 0 unspecified atom stereocenters. The number of carbonyl (C=O) groups excluding carboxylic acids is 1. The highest BCUT2D eigenvalue weighted by atomic mass is 16.5. The molecular weight excluding hydrogens is 426 g/mol. The molecule has 0 fully saturated rings. The van der Waals surface area contributed by atoms with Gasteiger partial charge in [-0.15, -0.1) is 0 Å². The van der Waals surface area contributed by atoms with Gasteiger partial charge in [-0.3, -0.25) is 4.79 Å². The first-order valence-corrected chi connectivity index (χ1v) is 10.9. The summed E-state index contributed by atoms with van der Waals surface area (Å²) in [7, 11) is 1.98. The minimum absolute atomic E-state index is 0.187. The SMILES string of the molecule is CC(=O)Nc1cc(Oc2ccc3c(c2)nc(Nc2ccccc2-c2ccccc2)n3C)ccn1.